The first-order chi connectivity index (χ1) is 6.08. The summed E-state index contributed by atoms with van der Waals surface area (Å²) in [5.41, 5.74) is 2.19. The summed E-state index contributed by atoms with van der Waals surface area (Å²) in [4.78, 5) is 0. The van der Waals surface area contributed by atoms with Crippen molar-refractivity contribution in [3.05, 3.63) is 12.3 Å². The molecule has 0 aliphatic heterocycles. The molecular formula is C10H24N2Si. The topological polar surface area (TPSA) is 6.48 Å². The molecule has 0 fully saturated rings. The van der Waals surface area contributed by atoms with Crippen molar-refractivity contribution in [1.82, 2.24) is 9.13 Å². The van der Waals surface area contributed by atoms with Crippen molar-refractivity contribution in [2.75, 3.05) is 27.2 Å². The van der Waals surface area contributed by atoms with Crippen LogP contribution >= 0.6 is 0 Å². The van der Waals surface area contributed by atoms with Crippen LogP contribution in [-0.4, -0.2) is 44.7 Å². The summed E-state index contributed by atoms with van der Waals surface area (Å²) < 4.78 is 4.95. The quantitative estimate of drug-likeness (QED) is 0.606. The van der Waals surface area contributed by atoms with Crippen LogP contribution in [-0.2, 0) is 0 Å². The fraction of sp³-hybridized carbons (Fsp3) is 0.800. The zero-order valence-corrected chi connectivity index (χ0v) is 10.8. The van der Waals surface area contributed by atoms with E-state index in [2.05, 4.69) is 56.3 Å². The number of nitrogens with zero attached hydrogens (tertiary/aromatic N) is 2. The molecule has 13 heavy (non-hydrogen) atoms. The zero-order valence-electron chi connectivity index (χ0n) is 9.80. The van der Waals surface area contributed by atoms with E-state index in [-0.39, 0.29) is 0 Å². The maximum Gasteiger partial charge on any atom is 0.231 e. The highest BCUT2D eigenvalue weighted by Gasteiger charge is 2.36. The van der Waals surface area contributed by atoms with Crippen LogP contribution in [0.3, 0.4) is 0 Å². The van der Waals surface area contributed by atoms with E-state index in [1.807, 2.05) is 0 Å². The Bertz CT molecular complexity index is 155. The first-order valence-electron chi connectivity index (χ1n) is 5.15. The van der Waals surface area contributed by atoms with E-state index in [1.165, 1.54) is 6.04 Å². The van der Waals surface area contributed by atoms with Gasteiger partial charge in [-0.2, -0.15) is 0 Å². The van der Waals surface area contributed by atoms with Gasteiger partial charge in [-0.15, -0.1) is 6.58 Å². The van der Waals surface area contributed by atoms with E-state index >= 15 is 0 Å². The van der Waals surface area contributed by atoms with Crippen LogP contribution < -0.4 is 0 Å². The summed E-state index contributed by atoms with van der Waals surface area (Å²) in [6.07, 6.45) is 0. The predicted octanol–water partition coefficient (Wildman–Crippen LogP) is 2.08. The van der Waals surface area contributed by atoms with Gasteiger partial charge in [-0.1, -0.05) is 26.5 Å². The van der Waals surface area contributed by atoms with Gasteiger partial charge in [0.15, 0.2) is 0 Å². The molecule has 0 aromatic rings. The fourth-order valence-corrected chi connectivity index (χ4v) is 5.70. The van der Waals surface area contributed by atoms with Gasteiger partial charge in [0.2, 0.25) is 8.40 Å². The molecule has 0 spiro atoms. The first-order valence-corrected chi connectivity index (χ1v) is 7.32. The number of hydrogen-bond donors (Lipinski definition) is 0. The third-order valence-corrected chi connectivity index (χ3v) is 7.90. The Hall–Kier alpha value is -0.123. The molecule has 0 rings (SSSR count). The monoisotopic (exact) mass is 200 g/mol. The van der Waals surface area contributed by atoms with Gasteiger partial charge in [-0.05, 0) is 33.2 Å². The van der Waals surface area contributed by atoms with Gasteiger partial charge in [0.25, 0.3) is 0 Å². The van der Waals surface area contributed by atoms with Crippen molar-refractivity contribution >= 4 is 8.40 Å². The van der Waals surface area contributed by atoms with E-state index in [0.717, 1.165) is 13.1 Å². The molecule has 0 heterocycles. The molecule has 0 amide bonds. The molecule has 0 aromatic heterocycles. The molecule has 3 heteroatoms. The maximum absolute atomic E-state index is 4.02. The minimum Gasteiger partial charge on any atom is -0.314 e. The standard InChI is InChI=1S/C10H24N2Si/c1-7-12(8-2)13(9-3,10-4)11(5)6/h9H,3,7-8,10H2,1-2,4-6H3. The fourth-order valence-electron chi connectivity index (χ4n) is 2.05. The Morgan fingerprint density at radius 3 is 1.69 bits per heavy atom. The normalized spacial score (nSPS) is 16.2. The van der Waals surface area contributed by atoms with Crippen LogP contribution in [0.1, 0.15) is 20.8 Å². The summed E-state index contributed by atoms with van der Waals surface area (Å²) in [7, 11) is 2.83. The van der Waals surface area contributed by atoms with Crippen LogP contribution in [0, 0.1) is 0 Å². The van der Waals surface area contributed by atoms with Crippen LogP contribution in [0.2, 0.25) is 6.04 Å². The molecule has 1 atom stereocenters. The van der Waals surface area contributed by atoms with Gasteiger partial charge in [0, 0.05) is 0 Å². The Balaban J connectivity index is 4.82. The second kappa shape index (κ2) is 5.57. The molecule has 0 aliphatic rings. The van der Waals surface area contributed by atoms with Gasteiger partial charge in [-0.25, -0.2) is 0 Å². The molecule has 0 N–H and O–H groups in total. The lowest BCUT2D eigenvalue weighted by Gasteiger charge is -2.42. The average Bonchev–Trinajstić information content (AvgIpc) is 2.13. The van der Waals surface area contributed by atoms with E-state index in [0.29, 0.717) is 0 Å². The molecule has 0 saturated heterocycles. The highest BCUT2D eigenvalue weighted by Crippen LogP contribution is 2.18. The first kappa shape index (κ1) is 12.9. The largest absolute Gasteiger partial charge is 0.314 e. The third-order valence-electron chi connectivity index (χ3n) is 2.93. The lowest BCUT2D eigenvalue weighted by molar-refractivity contribution is 0.406. The van der Waals surface area contributed by atoms with E-state index < -0.39 is 8.40 Å². The second-order valence-corrected chi connectivity index (χ2v) is 7.90. The molecule has 0 radical (unpaired) electrons. The van der Waals surface area contributed by atoms with Crippen LogP contribution in [0.5, 0.6) is 0 Å². The minimum atomic E-state index is -1.52. The Morgan fingerprint density at radius 2 is 1.62 bits per heavy atom. The summed E-state index contributed by atoms with van der Waals surface area (Å²) >= 11 is 0. The van der Waals surface area contributed by atoms with Gasteiger partial charge in [-0.3, -0.25) is 0 Å². The van der Waals surface area contributed by atoms with Crippen LogP contribution in [0.4, 0.5) is 0 Å². The predicted molar refractivity (Wildman–Crippen MR) is 63.0 cm³/mol. The molecule has 1 unspecified atom stereocenters. The van der Waals surface area contributed by atoms with E-state index in [1.54, 1.807) is 0 Å². The third kappa shape index (κ3) is 2.42. The highest BCUT2D eigenvalue weighted by atomic mass is 28.3. The molecule has 0 saturated carbocycles. The Morgan fingerprint density at radius 1 is 1.15 bits per heavy atom. The van der Waals surface area contributed by atoms with E-state index in [9.17, 15) is 0 Å². The van der Waals surface area contributed by atoms with Gasteiger partial charge in [0.1, 0.15) is 0 Å². The summed E-state index contributed by atoms with van der Waals surface area (Å²) in [5.74, 6) is 0. The average molecular weight is 200 g/mol. The molecule has 0 aromatic carbocycles. The lowest BCUT2D eigenvalue weighted by Crippen LogP contribution is -2.61. The van der Waals surface area contributed by atoms with Crippen molar-refractivity contribution in [2.45, 2.75) is 26.8 Å². The van der Waals surface area contributed by atoms with Crippen molar-refractivity contribution in [1.29, 1.82) is 0 Å². The number of rotatable bonds is 6. The van der Waals surface area contributed by atoms with Gasteiger partial charge >= 0.3 is 0 Å². The van der Waals surface area contributed by atoms with Crippen molar-refractivity contribution in [3.63, 3.8) is 0 Å². The highest BCUT2D eigenvalue weighted by molar-refractivity contribution is 6.79. The van der Waals surface area contributed by atoms with Crippen molar-refractivity contribution in [2.24, 2.45) is 0 Å². The maximum atomic E-state index is 4.02. The Kier molecular flexibility index (Phi) is 5.52. The summed E-state index contributed by atoms with van der Waals surface area (Å²) in [6.45, 7) is 13.0. The molecule has 0 aliphatic carbocycles. The molecular weight excluding hydrogens is 176 g/mol. The molecule has 2 nitrogen and oxygen atoms in total. The smallest absolute Gasteiger partial charge is 0.231 e. The van der Waals surface area contributed by atoms with Crippen molar-refractivity contribution < 1.29 is 0 Å². The summed E-state index contributed by atoms with van der Waals surface area (Å²) in [6, 6.07) is 1.21. The SMILES string of the molecule is C=C[Si](CC)(N(C)C)N(CC)CC. The molecule has 0 bridgehead atoms. The van der Waals surface area contributed by atoms with Crippen LogP contribution in [0.15, 0.2) is 12.3 Å². The van der Waals surface area contributed by atoms with Crippen LogP contribution in [0.25, 0.3) is 0 Å². The lowest BCUT2D eigenvalue weighted by atomic mass is 10.7. The second-order valence-electron chi connectivity index (χ2n) is 3.50. The summed E-state index contributed by atoms with van der Waals surface area (Å²) in [5, 5.41) is 0. The molecule has 78 valence electrons. The van der Waals surface area contributed by atoms with Gasteiger partial charge in [0.05, 0.1) is 0 Å². The zero-order chi connectivity index (χ0) is 10.5. The Labute approximate surface area is 84.4 Å². The minimum absolute atomic E-state index is 1.13. The van der Waals surface area contributed by atoms with E-state index in [4.69, 9.17) is 0 Å². The van der Waals surface area contributed by atoms with Gasteiger partial charge < -0.3 is 9.13 Å². The number of hydrogen-bond acceptors (Lipinski definition) is 2. The van der Waals surface area contributed by atoms with Crippen molar-refractivity contribution in [3.8, 4) is 0 Å².